The zero-order valence-electron chi connectivity index (χ0n) is 8.46. The number of carbonyl (C=O) groups excluding carboxylic acids is 1. The van der Waals surface area contributed by atoms with E-state index in [9.17, 15) is 14.9 Å². The Morgan fingerprint density at radius 2 is 2.19 bits per heavy atom. The lowest BCUT2D eigenvalue weighted by atomic mass is 10.3. The van der Waals surface area contributed by atoms with E-state index in [1.807, 2.05) is 0 Å². The second-order valence-corrected chi connectivity index (χ2v) is 2.92. The van der Waals surface area contributed by atoms with Gasteiger partial charge in [-0.05, 0) is 12.1 Å². The van der Waals surface area contributed by atoms with E-state index in [1.54, 1.807) is 12.1 Å². The van der Waals surface area contributed by atoms with Crippen molar-refractivity contribution in [2.45, 2.75) is 0 Å². The minimum atomic E-state index is -0.449. The van der Waals surface area contributed by atoms with Crippen molar-refractivity contribution in [2.75, 3.05) is 18.4 Å². The topological polar surface area (TPSA) is 101 Å². The van der Waals surface area contributed by atoms with E-state index in [4.69, 9.17) is 0 Å². The molecule has 3 N–H and O–H groups in total. The standard InChI is InChI=1S/C9H11N3O4/c13-7-16-11-6-5-10-8-1-3-9(4-2-8)12(14)15/h1-4,7,10-11H,5-6H2/q+1/p+1. The van der Waals surface area contributed by atoms with Crippen LogP contribution in [0, 0.1) is 10.1 Å². The third-order valence-corrected chi connectivity index (χ3v) is 1.82. The molecule has 0 unspecified atom stereocenters. The summed E-state index contributed by atoms with van der Waals surface area (Å²) in [4.78, 5) is 24.1. The maximum Gasteiger partial charge on any atom is 0.628 e. The van der Waals surface area contributed by atoms with Gasteiger partial charge < -0.3 is 5.32 Å². The summed E-state index contributed by atoms with van der Waals surface area (Å²) in [6.07, 6.45) is 0. The highest BCUT2D eigenvalue weighted by Crippen LogP contribution is 2.14. The van der Waals surface area contributed by atoms with Gasteiger partial charge in [-0.2, -0.15) is 0 Å². The number of anilines is 1. The van der Waals surface area contributed by atoms with Crippen LogP contribution in [0.5, 0.6) is 0 Å². The number of non-ortho nitro benzene ring substituents is 1. The number of benzene rings is 1. The van der Waals surface area contributed by atoms with Gasteiger partial charge in [-0.15, -0.1) is 0 Å². The number of hydrogen-bond acceptors (Lipinski definition) is 5. The molecule has 0 saturated carbocycles. The van der Waals surface area contributed by atoms with Crippen molar-refractivity contribution in [1.29, 1.82) is 0 Å². The molecule has 0 heterocycles. The van der Waals surface area contributed by atoms with Gasteiger partial charge in [-0.1, -0.05) is 10.3 Å². The summed E-state index contributed by atoms with van der Waals surface area (Å²) in [6.45, 7) is 1.51. The molecule has 0 atom stereocenters. The first kappa shape index (κ1) is 11.9. The molecule has 1 rings (SSSR count). The van der Waals surface area contributed by atoms with Gasteiger partial charge >= 0.3 is 6.47 Å². The molecule has 0 spiro atoms. The molecule has 0 fully saturated rings. The fourth-order valence-corrected chi connectivity index (χ4v) is 1.08. The number of hydroxylamine groups is 1. The highest BCUT2D eigenvalue weighted by Gasteiger charge is 2.03. The van der Waals surface area contributed by atoms with Crippen LogP contribution in [0.2, 0.25) is 0 Å². The molecule has 0 aliphatic rings. The predicted molar refractivity (Wildman–Crippen MR) is 55.5 cm³/mol. The Bertz CT molecular complexity index is 352. The Labute approximate surface area is 91.5 Å². The van der Waals surface area contributed by atoms with Crippen molar-refractivity contribution in [2.24, 2.45) is 0 Å². The van der Waals surface area contributed by atoms with E-state index in [0.717, 1.165) is 5.69 Å². The highest BCUT2D eigenvalue weighted by atomic mass is 16.7. The number of hydrogen-bond donors (Lipinski definition) is 2. The first-order valence-electron chi connectivity index (χ1n) is 4.63. The Balaban J connectivity index is 2.32. The van der Waals surface area contributed by atoms with E-state index in [1.165, 1.54) is 17.6 Å². The van der Waals surface area contributed by atoms with Crippen LogP contribution in [0.3, 0.4) is 0 Å². The molecule has 0 amide bonds. The average Bonchev–Trinajstić information content (AvgIpc) is 2.29. The number of nitro groups is 1. The lowest BCUT2D eigenvalue weighted by molar-refractivity contribution is -0.867. The van der Waals surface area contributed by atoms with Crippen LogP contribution in [0.15, 0.2) is 24.3 Å². The van der Waals surface area contributed by atoms with Crippen LogP contribution in [-0.4, -0.2) is 24.5 Å². The molecule has 0 aromatic heterocycles. The number of rotatable bonds is 7. The Morgan fingerprint density at radius 1 is 1.50 bits per heavy atom. The largest absolute Gasteiger partial charge is 0.628 e. The molecular formula is C9H12N3O4+2. The molecule has 0 aliphatic heterocycles. The molecule has 0 bridgehead atoms. The maximum absolute atomic E-state index is 10.4. The minimum absolute atomic E-state index is 0.0569. The van der Waals surface area contributed by atoms with Crippen molar-refractivity contribution in [3.05, 3.63) is 34.4 Å². The van der Waals surface area contributed by atoms with Crippen LogP contribution >= 0.6 is 0 Å². The Morgan fingerprint density at radius 3 is 2.75 bits per heavy atom. The molecule has 1 aromatic carbocycles. The summed E-state index contributed by atoms with van der Waals surface area (Å²) in [5.41, 5.74) is 2.22. The molecule has 7 heteroatoms. The summed E-state index contributed by atoms with van der Waals surface area (Å²) in [5, 5.41) is 13.4. The third-order valence-electron chi connectivity index (χ3n) is 1.82. The average molecular weight is 226 g/mol. The summed E-state index contributed by atoms with van der Waals surface area (Å²) >= 11 is 0. The van der Waals surface area contributed by atoms with Gasteiger partial charge in [-0.3, -0.25) is 10.1 Å². The quantitative estimate of drug-likeness (QED) is 0.218. The zero-order valence-corrected chi connectivity index (χ0v) is 8.46. The van der Waals surface area contributed by atoms with Crippen molar-refractivity contribution >= 4 is 17.8 Å². The summed E-state index contributed by atoms with van der Waals surface area (Å²) in [5.74, 6) is 0. The van der Waals surface area contributed by atoms with Gasteiger partial charge in [-0.25, -0.2) is 0 Å². The number of carbonyl (C=O) groups is 1. The van der Waals surface area contributed by atoms with E-state index < -0.39 is 4.92 Å². The fraction of sp³-hybridized carbons (Fsp3) is 0.222. The van der Waals surface area contributed by atoms with Gasteiger partial charge in [0.2, 0.25) is 0 Å². The van der Waals surface area contributed by atoms with Crippen LogP contribution in [0.1, 0.15) is 0 Å². The molecule has 0 saturated heterocycles. The second-order valence-electron chi connectivity index (χ2n) is 2.92. The molecule has 7 nitrogen and oxygen atoms in total. The van der Waals surface area contributed by atoms with E-state index in [-0.39, 0.29) is 5.69 Å². The third kappa shape index (κ3) is 3.93. The monoisotopic (exact) mass is 226 g/mol. The van der Waals surface area contributed by atoms with Gasteiger partial charge in [0.15, 0.2) is 0 Å². The number of nitrogens with one attached hydrogen (secondary N) is 1. The molecule has 1 radical (unpaired) electrons. The summed E-state index contributed by atoms with van der Waals surface area (Å²) in [6, 6.07) is 6.10. The number of nitro benzene ring substituents is 1. The number of quaternary nitrogens is 1. The summed E-state index contributed by atoms with van der Waals surface area (Å²) in [7, 11) is 0. The van der Waals surface area contributed by atoms with Gasteiger partial charge in [0.1, 0.15) is 6.54 Å². The van der Waals surface area contributed by atoms with E-state index in [2.05, 4.69) is 10.2 Å². The zero-order chi connectivity index (χ0) is 11.8. The van der Waals surface area contributed by atoms with Gasteiger partial charge in [0, 0.05) is 17.8 Å². The Hall–Kier alpha value is -2.15. The van der Waals surface area contributed by atoms with Crippen molar-refractivity contribution < 1.29 is 20.0 Å². The molecule has 1 aromatic rings. The fourth-order valence-electron chi connectivity index (χ4n) is 1.08. The summed E-state index contributed by atoms with van der Waals surface area (Å²) < 4.78 is 0. The van der Waals surface area contributed by atoms with Crippen molar-refractivity contribution in [3.63, 3.8) is 0 Å². The molecular weight excluding hydrogens is 214 g/mol. The lowest BCUT2D eigenvalue weighted by Crippen LogP contribution is -2.84. The van der Waals surface area contributed by atoms with E-state index >= 15 is 0 Å². The lowest BCUT2D eigenvalue weighted by Gasteiger charge is -2.02. The van der Waals surface area contributed by atoms with Crippen LogP contribution < -0.4 is 10.8 Å². The maximum atomic E-state index is 10.4. The Kier molecular flexibility index (Phi) is 4.74. The number of nitrogens with zero attached hydrogens (tertiary/aromatic N) is 1. The second kappa shape index (κ2) is 6.36. The van der Waals surface area contributed by atoms with E-state index in [0.29, 0.717) is 19.6 Å². The molecule has 85 valence electrons. The minimum Gasteiger partial charge on any atom is -0.379 e. The first-order chi connectivity index (χ1) is 7.74. The van der Waals surface area contributed by atoms with Crippen LogP contribution in [0.4, 0.5) is 11.4 Å². The van der Waals surface area contributed by atoms with Gasteiger partial charge in [0.05, 0.1) is 16.3 Å². The SMILES string of the molecule is O=[N+]([O-])c1ccc(NCC[NH2+]OC=[O+])cc1. The normalized spacial score (nSPS) is 9.50. The van der Waals surface area contributed by atoms with Crippen molar-refractivity contribution in [3.8, 4) is 0 Å². The predicted octanol–water partition coefficient (Wildman–Crippen LogP) is -0.342. The van der Waals surface area contributed by atoms with Crippen molar-refractivity contribution in [1.82, 2.24) is 0 Å². The first-order valence-corrected chi connectivity index (χ1v) is 4.63. The smallest absolute Gasteiger partial charge is 0.379 e. The highest BCUT2D eigenvalue weighted by molar-refractivity contribution is 5.48. The molecule has 16 heavy (non-hydrogen) atoms. The van der Waals surface area contributed by atoms with Crippen LogP contribution in [-0.2, 0) is 9.63 Å². The van der Waals surface area contributed by atoms with Crippen LogP contribution in [0.25, 0.3) is 0 Å². The van der Waals surface area contributed by atoms with Gasteiger partial charge in [0.25, 0.3) is 5.69 Å². The molecule has 0 aliphatic carbocycles. The number of nitrogens with two attached hydrogens (primary N) is 1.